The maximum Gasteiger partial charge on any atom is 0.221 e. The lowest BCUT2D eigenvalue weighted by atomic mass is 10.1. The molecule has 0 aliphatic carbocycles. The fourth-order valence-corrected chi connectivity index (χ4v) is 2.87. The molecule has 0 aliphatic rings. The molecule has 0 unspecified atom stereocenters. The molecule has 150 valence electrons. The molecule has 2 amide bonds. The molecule has 0 radical (unpaired) electrons. The minimum Gasteiger partial charge on any atom is -0.497 e. The third-order valence-electron chi connectivity index (χ3n) is 4.50. The van der Waals surface area contributed by atoms with Gasteiger partial charge in [0.2, 0.25) is 11.8 Å². The molecule has 2 aromatic carbocycles. The van der Waals surface area contributed by atoms with Crippen molar-refractivity contribution < 1.29 is 19.1 Å². The topological polar surface area (TPSA) is 67.9 Å². The molecule has 6 heteroatoms. The summed E-state index contributed by atoms with van der Waals surface area (Å²) in [5.74, 6) is 1.46. The average molecular weight is 384 g/mol. The monoisotopic (exact) mass is 384 g/mol. The van der Waals surface area contributed by atoms with E-state index in [1.165, 1.54) is 6.92 Å². The molecule has 6 nitrogen and oxygen atoms in total. The molecule has 0 aromatic heterocycles. The molecular formula is C22H28N2O4. The van der Waals surface area contributed by atoms with E-state index < -0.39 is 0 Å². The number of nitrogens with one attached hydrogen (secondary N) is 1. The van der Waals surface area contributed by atoms with Crippen molar-refractivity contribution in [3.63, 3.8) is 0 Å². The minimum atomic E-state index is -0.0733. The van der Waals surface area contributed by atoms with Gasteiger partial charge >= 0.3 is 0 Å². The lowest BCUT2D eigenvalue weighted by molar-refractivity contribution is -0.130. The van der Waals surface area contributed by atoms with Gasteiger partial charge in [-0.15, -0.1) is 0 Å². The highest BCUT2D eigenvalue weighted by Crippen LogP contribution is 2.17. The van der Waals surface area contributed by atoms with Crippen LogP contribution in [0.4, 0.5) is 0 Å². The number of carbonyl (C=O) groups is 2. The first-order chi connectivity index (χ1) is 13.5. The molecule has 0 atom stereocenters. The molecule has 0 saturated heterocycles. The number of rotatable bonds is 10. The third kappa shape index (κ3) is 6.61. The second-order valence-electron chi connectivity index (χ2n) is 6.45. The Kier molecular flexibility index (Phi) is 8.34. The van der Waals surface area contributed by atoms with Gasteiger partial charge in [-0.05, 0) is 35.7 Å². The number of para-hydroxylation sites is 1. The number of carbonyl (C=O) groups excluding carboxylic acids is 2. The van der Waals surface area contributed by atoms with Crippen LogP contribution in [-0.4, -0.2) is 44.0 Å². The molecule has 0 spiro atoms. The van der Waals surface area contributed by atoms with Crippen LogP contribution in [-0.2, 0) is 22.6 Å². The van der Waals surface area contributed by atoms with Gasteiger partial charge in [-0.2, -0.15) is 0 Å². The Morgan fingerprint density at radius 1 is 1.00 bits per heavy atom. The minimum absolute atomic E-state index is 0.0577. The van der Waals surface area contributed by atoms with Crippen molar-refractivity contribution in [3.8, 4) is 11.5 Å². The van der Waals surface area contributed by atoms with Gasteiger partial charge in [-0.25, -0.2) is 0 Å². The van der Waals surface area contributed by atoms with E-state index in [1.54, 1.807) is 19.1 Å². The zero-order chi connectivity index (χ0) is 20.4. The van der Waals surface area contributed by atoms with Crippen molar-refractivity contribution in [2.24, 2.45) is 0 Å². The van der Waals surface area contributed by atoms with Gasteiger partial charge in [0.25, 0.3) is 0 Å². The SMILES string of the molecule is COc1ccc(CN(CCC(=O)NCCc2ccccc2OC)C(C)=O)cc1. The number of hydrogen-bond donors (Lipinski definition) is 1. The van der Waals surface area contributed by atoms with Crippen LogP contribution in [0.25, 0.3) is 0 Å². The molecule has 2 aromatic rings. The second kappa shape index (κ2) is 11.0. The maximum absolute atomic E-state index is 12.2. The first-order valence-corrected chi connectivity index (χ1v) is 9.30. The Labute approximate surface area is 166 Å². The summed E-state index contributed by atoms with van der Waals surface area (Å²) in [4.78, 5) is 25.7. The van der Waals surface area contributed by atoms with Gasteiger partial charge in [0.15, 0.2) is 0 Å². The molecular weight excluding hydrogens is 356 g/mol. The zero-order valence-electron chi connectivity index (χ0n) is 16.7. The predicted octanol–water partition coefficient (Wildman–Crippen LogP) is 2.80. The summed E-state index contributed by atoms with van der Waals surface area (Å²) in [6.45, 7) is 2.89. The Hall–Kier alpha value is -3.02. The Bertz CT molecular complexity index is 774. The van der Waals surface area contributed by atoms with Crippen LogP contribution >= 0.6 is 0 Å². The number of hydrogen-bond acceptors (Lipinski definition) is 4. The van der Waals surface area contributed by atoms with Crippen molar-refractivity contribution in [1.82, 2.24) is 10.2 Å². The van der Waals surface area contributed by atoms with E-state index in [2.05, 4.69) is 5.32 Å². The molecule has 28 heavy (non-hydrogen) atoms. The summed E-state index contributed by atoms with van der Waals surface area (Å²) in [7, 11) is 3.25. The first-order valence-electron chi connectivity index (χ1n) is 9.30. The standard InChI is InChI=1S/C22H28N2O4/c1-17(25)24(16-18-8-10-20(27-2)11-9-18)15-13-22(26)23-14-12-19-6-4-5-7-21(19)28-3/h4-11H,12-16H2,1-3H3,(H,23,26). The van der Waals surface area contributed by atoms with Gasteiger partial charge in [0, 0.05) is 33.0 Å². The zero-order valence-corrected chi connectivity index (χ0v) is 16.7. The van der Waals surface area contributed by atoms with Gasteiger partial charge in [0.05, 0.1) is 14.2 Å². The third-order valence-corrected chi connectivity index (χ3v) is 4.50. The van der Waals surface area contributed by atoms with Crippen molar-refractivity contribution in [1.29, 1.82) is 0 Å². The number of nitrogens with zero attached hydrogens (tertiary/aromatic N) is 1. The molecule has 0 fully saturated rings. The molecule has 0 bridgehead atoms. The van der Waals surface area contributed by atoms with E-state index >= 15 is 0 Å². The molecule has 0 aliphatic heterocycles. The smallest absolute Gasteiger partial charge is 0.221 e. The number of ether oxygens (including phenoxy) is 2. The molecule has 0 saturated carbocycles. The largest absolute Gasteiger partial charge is 0.497 e. The molecule has 1 N–H and O–H groups in total. The normalized spacial score (nSPS) is 10.2. The highest BCUT2D eigenvalue weighted by Gasteiger charge is 2.12. The predicted molar refractivity (Wildman–Crippen MR) is 108 cm³/mol. The fourth-order valence-electron chi connectivity index (χ4n) is 2.87. The van der Waals surface area contributed by atoms with Crippen LogP contribution in [0.3, 0.4) is 0 Å². The van der Waals surface area contributed by atoms with E-state index in [-0.39, 0.29) is 18.2 Å². The van der Waals surface area contributed by atoms with Crippen LogP contribution in [0.1, 0.15) is 24.5 Å². The highest BCUT2D eigenvalue weighted by atomic mass is 16.5. The summed E-state index contributed by atoms with van der Waals surface area (Å²) < 4.78 is 10.5. The average Bonchev–Trinajstić information content (AvgIpc) is 2.71. The van der Waals surface area contributed by atoms with Gasteiger partial charge in [-0.3, -0.25) is 9.59 Å². The lowest BCUT2D eigenvalue weighted by Gasteiger charge is -2.21. The summed E-state index contributed by atoms with van der Waals surface area (Å²) in [6, 6.07) is 15.3. The Morgan fingerprint density at radius 3 is 2.36 bits per heavy atom. The Morgan fingerprint density at radius 2 is 1.71 bits per heavy atom. The summed E-state index contributed by atoms with van der Waals surface area (Å²) >= 11 is 0. The summed E-state index contributed by atoms with van der Waals surface area (Å²) in [5, 5.41) is 2.91. The fraction of sp³-hybridized carbons (Fsp3) is 0.364. The van der Waals surface area contributed by atoms with Crippen LogP contribution in [0.5, 0.6) is 11.5 Å². The van der Waals surface area contributed by atoms with Crippen LogP contribution in [0, 0.1) is 0 Å². The first kappa shape index (κ1) is 21.3. The van der Waals surface area contributed by atoms with Crippen molar-refractivity contribution in [2.75, 3.05) is 27.3 Å². The Balaban J connectivity index is 1.78. The molecule has 2 rings (SSSR count). The van der Waals surface area contributed by atoms with E-state index in [1.807, 2.05) is 48.5 Å². The van der Waals surface area contributed by atoms with Gasteiger partial charge in [-0.1, -0.05) is 30.3 Å². The summed E-state index contributed by atoms with van der Waals surface area (Å²) in [5.41, 5.74) is 2.04. The number of amides is 2. The summed E-state index contributed by atoms with van der Waals surface area (Å²) in [6.07, 6.45) is 0.958. The van der Waals surface area contributed by atoms with E-state index in [9.17, 15) is 9.59 Å². The second-order valence-corrected chi connectivity index (χ2v) is 6.45. The van der Waals surface area contributed by atoms with Crippen LogP contribution < -0.4 is 14.8 Å². The molecule has 0 heterocycles. The van der Waals surface area contributed by atoms with Crippen molar-refractivity contribution >= 4 is 11.8 Å². The van der Waals surface area contributed by atoms with Crippen molar-refractivity contribution in [3.05, 3.63) is 59.7 Å². The van der Waals surface area contributed by atoms with Gasteiger partial charge in [0.1, 0.15) is 11.5 Å². The number of methoxy groups -OCH3 is 2. The van der Waals surface area contributed by atoms with Crippen molar-refractivity contribution in [2.45, 2.75) is 26.3 Å². The van der Waals surface area contributed by atoms with Crippen LogP contribution in [0.2, 0.25) is 0 Å². The quantitative estimate of drug-likeness (QED) is 0.684. The number of benzene rings is 2. The maximum atomic E-state index is 12.2. The van der Waals surface area contributed by atoms with Crippen LogP contribution in [0.15, 0.2) is 48.5 Å². The van der Waals surface area contributed by atoms with E-state index in [0.717, 1.165) is 22.6 Å². The van der Waals surface area contributed by atoms with E-state index in [0.29, 0.717) is 26.1 Å². The lowest BCUT2D eigenvalue weighted by Crippen LogP contribution is -2.34. The highest BCUT2D eigenvalue weighted by molar-refractivity contribution is 5.78. The van der Waals surface area contributed by atoms with E-state index in [4.69, 9.17) is 9.47 Å². The van der Waals surface area contributed by atoms with Gasteiger partial charge < -0.3 is 19.7 Å².